The van der Waals surface area contributed by atoms with Gasteiger partial charge in [-0.25, -0.2) is 13.8 Å². The molecule has 0 radical (unpaired) electrons. The summed E-state index contributed by atoms with van der Waals surface area (Å²) in [5, 5.41) is 9.72. The van der Waals surface area contributed by atoms with E-state index < -0.39 is 23.6 Å². The van der Waals surface area contributed by atoms with Crippen LogP contribution in [0.4, 0.5) is 20.2 Å². The van der Waals surface area contributed by atoms with Crippen molar-refractivity contribution in [2.75, 3.05) is 36.5 Å². The molecule has 3 heterocycles. The second kappa shape index (κ2) is 10.4. The van der Waals surface area contributed by atoms with Crippen LogP contribution in [0.3, 0.4) is 0 Å². The smallest absolute Gasteiger partial charge is 0.305 e. The van der Waals surface area contributed by atoms with Crippen LogP contribution in [0.5, 0.6) is 11.6 Å². The first kappa shape index (κ1) is 25.3. The third-order valence-corrected chi connectivity index (χ3v) is 7.08. The van der Waals surface area contributed by atoms with E-state index in [-0.39, 0.29) is 35.8 Å². The Morgan fingerprint density at radius 3 is 2.57 bits per heavy atom. The fraction of sp³-hybridized carbons (Fsp3) is 0.520. The molecule has 7 nitrogen and oxygen atoms in total. The molecule has 1 aromatic carbocycles. The minimum Gasteiger partial charge on any atom is -0.490 e. The summed E-state index contributed by atoms with van der Waals surface area (Å²) in [6.45, 7) is 5.66. The maximum Gasteiger partial charge on any atom is 0.305 e. The molecular formula is C25H30ClF2N3O4. The van der Waals surface area contributed by atoms with Crippen molar-refractivity contribution in [3.8, 4) is 11.6 Å². The highest BCUT2D eigenvalue weighted by Crippen LogP contribution is 2.37. The van der Waals surface area contributed by atoms with E-state index in [2.05, 4.69) is 9.88 Å². The number of rotatable bonds is 7. The maximum atomic E-state index is 15.1. The Bertz CT molecular complexity index is 1070. The van der Waals surface area contributed by atoms with Gasteiger partial charge in [-0.2, -0.15) is 0 Å². The van der Waals surface area contributed by atoms with E-state index in [1.165, 1.54) is 12.1 Å². The molecular weight excluding hydrogens is 480 g/mol. The fourth-order valence-electron chi connectivity index (χ4n) is 5.16. The van der Waals surface area contributed by atoms with Crippen molar-refractivity contribution < 1.29 is 28.2 Å². The summed E-state index contributed by atoms with van der Waals surface area (Å²) < 4.78 is 41.4. The summed E-state index contributed by atoms with van der Waals surface area (Å²) in [6, 6.07) is 3.74. The monoisotopic (exact) mass is 509 g/mol. The van der Waals surface area contributed by atoms with Crippen LogP contribution in [0.1, 0.15) is 33.1 Å². The van der Waals surface area contributed by atoms with Crippen LogP contribution in [0.25, 0.3) is 0 Å². The first-order valence-corrected chi connectivity index (χ1v) is 12.1. The number of piperidine rings is 1. The molecule has 35 heavy (non-hydrogen) atoms. The molecule has 0 amide bonds. The molecule has 2 fully saturated rings. The first-order chi connectivity index (χ1) is 16.7. The summed E-state index contributed by atoms with van der Waals surface area (Å²) in [4.78, 5) is 19.0. The third kappa shape index (κ3) is 5.55. The number of ether oxygens (including phenoxy) is 2. The minimum absolute atomic E-state index is 0.0594. The van der Waals surface area contributed by atoms with Gasteiger partial charge in [0.1, 0.15) is 17.5 Å². The van der Waals surface area contributed by atoms with Crippen molar-refractivity contribution in [3.63, 3.8) is 0 Å². The Balaban J connectivity index is 1.46. The molecule has 2 aliphatic rings. The highest BCUT2D eigenvalue weighted by Gasteiger charge is 2.35. The zero-order valence-electron chi connectivity index (χ0n) is 20.0. The number of aliphatic carboxylic acids is 1. The summed E-state index contributed by atoms with van der Waals surface area (Å²) in [5.74, 6) is -1.67. The Kier molecular flexibility index (Phi) is 7.54. The van der Waals surface area contributed by atoms with E-state index >= 15 is 8.78 Å². The van der Waals surface area contributed by atoms with Crippen LogP contribution in [0.15, 0.2) is 24.4 Å². The zero-order valence-corrected chi connectivity index (χ0v) is 20.8. The van der Waals surface area contributed by atoms with Crippen molar-refractivity contribution in [1.82, 2.24) is 4.98 Å². The third-order valence-electron chi connectivity index (χ3n) is 6.79. The van der Waals surface area contributed by atoms with Gasteiger partial charge in [0.05, 0.1) is 30.4 Å². The topological polar surface area (TPSA) is 75.1 Å². The molecule has 1 aromatic heterocycles. The predicted octanol–water partition coefficient (Wildman–Crippen LogP) is 5.01. The molecule has 4 rings (SSSR count). The number of hydrogen-bond donors (Lipinski definition) is 1. The highest BCUT2D eigenvalue weighted by atomic mass is 35.5. The molecule has 2 saturated heterocycles. The SMILES string of the molecule is COc1cc(N2CCC(Oc3cc(F)c(N4C[C@H](C)C[C@@H]4CC(=O)O)c(F)c3)C(C)C2)c(Cl)cn1. The van der Waals surface area contributed by atoms with Gasteiger partial charge in [0.15, 0.2) is 11.6 Å². The van der Waals surface area contributed by atoms with Gasteiger partial charge in [-0.3, -0.25) is 4.79 Å². The Morgan fingerprint density at radius 2 is 1.94 bits per heavy atom. The molecule has 0 saturated carbocycles. The quantitative estimate of drug-likeness (QED) is 0.562. The van der Waals surface area contributed by atoms with Crippen LogP contribution >= 0.6 is 11.6 Å². The van der Waals surface area contributed by atoms with Gasteiger partial charge in [-0.1, -0.05) is 25.4 Å². The van der Waals surface area contributed by atoms with Gasteiger partial charge in [-0.15, -0.1) is 0 Å². The van der Waals surface area contributed by atoms with Gasteiger partial charge in [0, 0.05) is 56.2 Å². The van der Waals surface area contributed by atoms with Crippen LogP contribution < -0.4 is 19.3 Å². The summed E-state index contributed by atoms with van der Waals surface area (Å²) in [5.41, 5.74) is 0.637. The Labute approximate surface area is 208 Å². The number of benzene rings is 1. The first-order valence-electron chi connectivity index (χ1n) is 11.7. The van der Waals surface area contributed by atoms with Crippen molar-refractivity contribution in [2.45, 2.75) is 45.3 Å². The number of halogens is 3. The molecule has 1 N–H and O–H groups in total. The van der Waals surface area contributed by atoms with Gasteiger partial charge in [0.2, 0.25) is 5.88 Å². The number of nitrogens with zero attached hydrogens (tertiary/aromatic N) is 3. The molecule has 0 aliphatic carbocycles. The van der Waals surface area contributed by atoms with Crippen LogP contribution in [-0.4, -0.2) is 54.9 Å². The lowest BCUT2D eigenvalue weighted by atomic mass is 9.96. The van der Waals surface area contributed by atoms with E-state index in [1.807, 2.05) is 13.8 Å². The van der Waals surface area contributed by atoms with E-state index in [1.54, 1.807) is 24.3 Å². The Hall–Kier alpha value is -2.81. The van der Waals surface area contributed by atoms with E-state index in [9.17, 15) is 9.90 Å². The lowest BCUT2D eigenvalue weighted by Gasteiger charge is -2.38. The van der Waals surface area contributed by atoms with Crippen molar-refractivity contribution >= 4 is 28.9 Å². The van der Waals surface area contributed by atoms with Gasteiger partial charge in [0.25, 0.3) is 0 Å². The number of pyridine rings is 1. The number of carboxylic acids is 1. The maximum absolute atomic E-state index is 15.1. The number of anilines is 2. The minimum atomic E-state index is -0.985. The van der Waals surface area contributed by atoms with Crippen LogP contribution in [-0.2, 0) is 4.79 Å². The van der Waals surface area contributed by atoms with Crippen LogP contribution in [0, 0.1) is 23.5 Å². The van der Waals surface area contributed by atoms with Crippen molar-refractivity contribution in [1.29, 1.82) is 0 Å². The van der Waals surface area contributed by atoms with Gasteiger partial charge >= 0.3 is 5.97 Å². The lowest BCUT2D eigenvalue weighted by molar-refractivity contribution is -0.137. The number of carboxylic acid groups (broad SMARTS) is 1. The number of aromatic nitrogens is 1. The molecule has 10 heteroatoms. The molecule has 4 atom stereocenters. The van der Waals surface area contributed by atoms with E-state index in [0.717, 1.165) is 5.69 Å². The van der Waals surface area contributed by atoms with Gasteiger partial charge < -0.3 is 24.4 Å². The second-order valence-electron chi connectivity index (χ2n) is 9.53. The molecule has 2 aliphatic heterocycles. The summed E-state index contributed by atoms with van der Waals surface area (Å²) in [7, 11) is 1.54. The summed E-state index contributed by atoms with van der Waals surface area (Å²) in [6.07, 6.45) is 2.37. The molecule has 190 valence electrons. The predicted molar refractivity (Wildman–Crippen MR) is 130 cm³/mol. The molecule has 0 bridgehead atoms. The normalized spacial score (nSPS) is 24.5. The standard InChI is InChI=1S/C25H30ClF2N3O4/c1-14-6-16(7-24(32)33)31(12-14)25-19(27)8-17(9-20(25)28)35-22-4-5-30(13-15(22)2)21-10-23(34-3)29-11-18(21)26/h8-11,14-16,22H,4-7,12-13H2,1-3H3,(H,32,33)/t14-,15?,16-,22?/m1/s1. The van der Waals surface area contributed by atoms with E-state index in [4.69, 9.17) is 21.1 Å². The molecule has 2 aromatic rings. The molecule has 0 spiro atoms. The molecule has 2 unspecified atom stereocenters. The van der Waals surface area contributed by atoms with Gasteiger partial charge in [-0.05, 0) is 12.3 Å². The lowest BCUT2D eigenvalue weighted by Crippen LogP contribution is -2.44. The fourth-order valence-corrected chi connectivity index (χ4v) is 5.38. The van der Waals surface area contributed by atoms with Crippen LogP contribution in [0.2, 0.25) is 5.02 Å². The number of carbonyl (C=O) groups is 1. The summed E-state index contributed by atoms with van der Waals surface area (Å²) >= 11 is 6.34. The number of hydrogen-bond acceptors (Lipinski definition) is 6. The van der Waals surface area contributed by atoms with E-state index in [0.29, 0.717) is 43.4 Å². The highest BCUT2D eigenvalue weighted by molar-refractivity contribution is 6.33. The average molecular weight is 510 g/mol. The zero-order chi connectivity index (χ0) is 25.3. The largest absolute Gasteiger partial charge is 0.490 e. The Morgan fingerprint density at radius 1 is 1.23 bits per heavy atom. The van der Waals surface area contributed by atoms with Crippen molar-refractivity contribution in [2.24, 2.45) is 11.8 Å². The number of methoxy groups -OCH3 is 1. The van der Waals surface area contributed by atoms with Crippen molar-refractivity contribution in [3.05, 3.63) is 41.1 Å². The average Bonchev–Trinajstić information content (AvgIpc) is 3.13. The second-order valence-corrected chi connectivity index (χ2v) is 9.93.